The Morgan fingerprint density at radius 1 is 1.35 bits per heavy atom. The van der Waals surface area contributed by atoms with Crippen molar-refractivity contribution in [1.29, 1.82) is 0 Å². The molecule has 17 heavy (non-hydrogen) atoms. The van der Waals surface area contributed by atoms with E-state index in [2.05, 4.69) is 22.6 Å². The summed E-state index contributed by atoms with van der Waals surface area (Å²) < 4.78 is 11.5. The molecule has 1 rings (SSSR count). The molecule has 0 aliphatic carbocycles. The molecule has 0 aliphatic heterocycles. The van der Waals surface area contributed by atoms with E-state index in [9.17, 15) is 4.79 Å². The molecule has 0 radical (unpaired) electrons. The Morgan fingerprint density at radius 2 is 2.06 bits per heavy atom. The molecule has 0 fully saturated rings. The predicted molar refractivity (Wildman–Crippen MR) is 73.1 cm³/mol. The molecule has 0 aliphatic rings. The summed E-state index contributed by atoms with van der Waals surface area (Å²) in [7, 11) is 1.61. The number of alkyl halides is 1. The Balaban J connectivity index is 2.54. The van der Waals surface area contributed by atoms with E-state index in [1.165, 1.54) is 0 Å². The van der Waals surface area contributed by atoms with Crippen molar-refractivity contribution in [3.63, 3.8) is 0 Å². The largest absolute Gasteiger partial charge is 0.497 e. The van der Waals surface area contributed by atoms with E-state index in [1.54, 1.807) is 13.2 Å². The summed E-state index contributed by atoms with van der Waals surface area (Å²) in [6.07, 6.45) is 0.634. The van der Waals surface area contributed by atoms with E-state index < -0.39 is 5.97 Å². The molecule has 0 amide bonds. The minimum Gasteiger partial charge on any atom is -0.497 e. The van der Waals surface area contributed by atoms with Gasteiger partial charge in [-0.2, -0.15) is 0 Å². The van der Waals surface area contributed by atoms with Gasteiger partial charge in [0.2, 0.25) is 0 Å². The number of aliphatic carboxylic acids is 1. The summed E-state index contributed by atoms with van der Waals surface area (Å²) in [5.74, 6) is 0.681. The minimum atomic E-state index is -0.799. The maximum Gasteiger partial charge on any atom is 0.303 e. The van der Waals surface area contributed by atoms with Crippen LogP contribution >= 0.6 is 22.6 Å². The van der Waals surface area contributed by atoms with Crippen LogP contribution in [0.4, 0.5) is 0 Å². The summed E-state index contributed by atoms with van der Waals surface area (Å²) in [4.78, 5) is 10.3. The number of rotatable bonds is 7. The van der Waals surface area contributed by atoms with Crippen molar-refractivity contribution < 1.29 is 19.4 Å². The summed E-state index contributed by atoms with van der Waals surface area (Å²) >= 11 is 2.27. The third-order valence-corrected chi connectivity index (χ3v) is 3.01. The van der Waals surface area contributed by atoms with Crippen molar-refractivity contribution in [2.24, 2.45) is 0 Å². The first kappa shape index (κ1) is 14.1. The van der Waals surface area contributed by atoms with Crippen molar-refractivity contribution in [1.82, 2.24) is 0 Å². The summed E-state index contributed by atoms with van der Waals surface area (Å²) in [6.45, 7) is 0.403. The average Bonchev–Trinajstić information content (AvgIpc) is 2.34. The van der Waals surface area contributed by atoms with E-state index in [0.717, 1.165) is 21.5 Å². The second kappa shape index (κ2) is 7.37. The highest BCUT2D eigenvalue weighted by Crippen LogP contribution is 2.24. The first-order valence-corrected chi connectivity index (χ1v) is 6.76. The van der Waals surface area contributed by atoms with Gasteiger partial charge in [-0.05, 0) is 24.1 Å². The van der Waals surface area contributed by atoms with E-state index in [-0.39, 0.29) is 6.42 Å². The molecule has 0 aromatic heterocycles. The molecule has 0 bridgehead atoms. The number of hydrogen-bond donors (Lipinski definition) is 1. The summed E-state index contributed by atoms with van der Waals surface area (Å²) in [5, 5.41) is 8.50. The second-order valence-corrected chi connectivity index (χ2v) is 4.26. The number of benzene rings is 1. The number of carboxylic acid groups (broad SMARTS) is 1. The Labute approximate surface area is 114 Å². The van der Waals surface area contributed by atoms with Gasteiger partial charge >= 0.3 is 5.97 Å². The number of methoxy groups -OCH3 is 1. The van der Waals surface area contributed by atoms with Crippen LogP contribution in [-0.4, -0.2) is 24.8 Å². The summed E-state index contributed by atoms with van der Waals surface area (Å²) in [6, 6.07) is 5.70. The molecule has 0 spiro atoms. The molecule has 0 saturated heterocycles. The van der Waals surface area contributed by atoms with Crippen molar-refractivity contribution in [3.05, 3.63) is 23.8 Å². The van der Waals surface area contributed by atoms with E-state index in [4.69, 9.17) is 14.6 Å². The molecule has 1 aromatic rings. The van der Waals surface area contributed by atoms with Gasteiger partial charge < -0.3 is 14.6 Å². The maximum atomic E-state index is 10.3. The van der Waals surface area contributed by atoms with Crippen molar-refractivity contribution in [2.45, 2.75) is 17.3 Å². The zero-order valence-corrected chi connectivity index (χ0v) is 11.8. The SMILES string of the molecule is COc1cc(CI)cc(OCCCC(=O)O)c1. The first-order valence-electron chi connectivity index (χ1n) is 5.24. The molecular formula is C12H15IO4. The molecule has 0 atom stereocenters. The van der Waals surface area contributed by atoms with Crippen LogP contribution in [0, 0.1) is 0 Å². The first-order chi connectivity index (χ1) is 8.15. The molecule has 0 unspecified atom stereocenters. The lowest BCUT2D eigenvalue weighted by Crippen LogP contribution is -2.02. The summed E-state index contributed by atoms with van der Waals surface area (Å²) in [5.41, 5.74) is 1.12. The predicted octanol–water partition coefficient (Wildman–Crippen LogP) is 2.87. The number of carboxylic acids is 1. The zero-order valence-electron chi connectivity index (χ0n) is 9.61. The minimum absolute atomic E-state index is 0.128. The smallest absolute Gasteiger partial charge is 0.303 e. The van der Waals surface area contributed by atoms with Gasteiger partial charge in [0.25, 0.3) is 0 Å². The average molecular weight is 350 g/mol. The molecular weight excluding hydrogens is 335 g/mol. The van der Waals surface area contributed by atoms with E-state index >= 15 is 0 Å². The van der Waals surface area contributed by atoms with Gasteiger partial charge in [-0.1, -0.05) is 22.6 Å². The fourth-order valence-electron chi connectivity index (χ4n) is 1.32. The van der Waals surface area contributed by atoms with Gasteiger partial charge in [0.05, 0.1) is 13.7 Å². The highest BCUT2D eigenvalue weighted by atomic mass is 127. The monoisotopic (exact) mass is 350 g/mol. The van der Waals surface area contributed by atoms with Crippen molar-refractivity contribution in [3.8, 4) is 11.5 Å². The number of carbonyl (C=O) groups is 1. The standard InChI is InChI=1S/C12H15IO4/c1-16-10-5-9(8-13)6-11(7-10)17-4-2-3-12(14)15/h5-7H,2-4,8H2,1H3,(H,14,15). The Morgan fingerprint density at radius 3 is 2.65 bits per heavy atom. The lowest BCUT2D eigenvalue weighted by molar-refractivity contribution is -0.137. The van der Waals surface area contributed by atoms with Gasteiger partial charge in [0.15, 0.2) is 0 Å². The normalized spacial score (nSPS) is 10.0. The highest BCUT2D eigenvalue weighted by molar-refractivity contribution is 14.1. The number of halogens is 1. The lowest BCUT2D eigenvalue weighted by atomic mass is 10.2. The molecule has 1 N–H and O–H groups in total. The molecule has 5 heteroatoms. The van der Waals surface area contributed by atoms with Gasteiger partial charge in [-0.15, -0.1) is 0 Å². The van der Waals surface area contributed by atoms with Crippen LogP contribution in [0.15, 0.2) is 18.2 Å². The van der Waals surface area contributed by atoms with E-state index in [0.29, 0.717) is 13.0 Å². The van der Waals surface area contributed by atoms with Crippen molar-refractivity contribution in [2.75, 3.05) is 13.7 Å². The fourth-order valence-corrected chi connectivity index (χ4v) is 1.76. The van der Waals surface area contributed by atoms with Crippen LogP contribution in [-0.2, 0) is 9.22 Å². The molecule has 0 heterocycles. The van der Waals surface area contributed by atoms with Crippen molar-refractivity contribution >= 4 is 28.6 Å². The van der Waals surface area contributed by atoms with Crippen LogP contribution in [0.1, 0.15) is 18.4 Å². The van der Waals surface area contributed by atoms with Gasteiger partial charge in [0.1, 0.15) is 11.5 Å². The maximum absolute atomic E-state index is 10.3. The molecule has 1 aromatic carbocycles. The van der Waals surface area contributed by atoms with Crippen LogP contribution in [0.2, 0.25) is 0 Å². The highest BCUT2D eigenvalue weighted by Gasteiger charge is 2.02. The Bertz CT molecular complexity index is 357. The zero-order chi connectivity index (χ0) is 12.7. The molecule has 4 nitrogen and oxygen atoms in total. The topological polar surface area (TPSA) is 55.8 Å². The third-order valence-electron chi connectivity index (χ3n) is 2.13. The Kier molecular flexibility index (Phi) is 6.10. The van der Waals surface area contributed by atoms with Crippen LogP contribution in [0.3, 0.4) is 0 Å². The molecule has 94 valence electrons. The van der Waals surface area contributed by atoms with Crippen LogP contribution < -0.4 is 9.47 Å². The molecule has 0 saturated carbocycles. The van der Waals surface area contributed by atoms with Gasteiger partial charge in [-0.25, -0.2) is 0 Å². The Hall–Kier alpha value is -0.980. The van der Waals surface area contributed by atoms with Gasteiger partial charge in [-0.3, -0.25) is 4.79 Å². The van der Waals surface area contributed by atoms with E-state index in [1.807, 2.05) is 12.1 Å². The lowest BCUT2D eigenvalue weighted by Gasteiger charge is -2.09. The van der Waals surface area contributed by atoms with Crippen LogP contribution in [0.5, 0.6) is 11.5 Å². The number of hydrogen-bond acceptors (Lipinski definition) is 3. The fraction of sp³-hybridized carbons (Fsp3) is 0.417. The quantitative estimate of drug-likeness (QED) is 0.467. The third kappa shape index (κ3) is 5.25. The van der Waals surface area contributed by atoms with Crippen LogP contribution in [0.25, 0.3) is 0 Å². The number of ether oxygens (including phenoxy) is 2. The van der Waals surface area contributed by atoms with Gasteiger partial charge in [0, 0.05) is 16.9 Å². The second-order valence-electron chi connectivity index (χ2n) is 3.50.